The minimum Gasteiger partial charge on any atom is -0.258 e. The first-order chi connectivity index (χ1) is 9.93. The van der Waals surface area contributed by atoms with Crippen LogP contribution < -0.4 is 4.72 Å². The third-order valence-corrected chi connectivity index (χ3v) is 5.92. The van der Waals surface area contributed by atoms with Gasteiger partial charge in [-0.05, 0) is 36.7 Å². The summed E-state index contributed by atoms with van der Waals surface area (Å²) in [6, 6.07) is 5.85. The fourth-order valence-corrected chi connectivity index (χ4v) is 5.09. The molecule has 2 bridgehead atoms. The van der Waals surface area contributed by atoms with E-state index in [0.717, 1.165) is 19.3 Å². The second kappa shape index (κ2) is 5.38. The standard InChI is InChI=1S/C14H18N2O4S/c17-16(18)13-3-1-2-11(7-13)9-21(19,20)15-14-8-10-4-5-12(14)6-10/h1-3,7,10,12,14-15H,4-6,8-9H2/t10-,12-,14-/m0/s1. The van der Waals surface area contributed by atoms with Gasteiger partial charge in [-0.15, -0.1) is 0 Å². The van der Waals surface area contributed by atoms with E-state index in [1.807, 2.05) is 0 Å². The van der Waals surface area contributed by atoms with Crippen LogP contribution in [0, 0.1) is 22.0 Å². The molecule has 1 aromatic carbocycles. The van der Waals surface area contributed by atoms with Gasteiger partial charge >= 0.3 is 0 Å². The number of nitrogens with one attached hydrogen (secondary N) is 1. The second-order valence-electron chi connectivity index (χ2n) is 6.09. The minimum atomic E-state index is -3.46. The maximum Gasteiger partial charge on any atom is 0.269 e. The normalized spacial score (nSPS) is 27.9. The molecule has 1 aromatic rings. The van der Waals surface area contributed by atoms with Crippen LogP contribution in [0.15, 0.2) is 24.3 Å². The molecular formula is C14H18N2O4S. The van der Waals surface area contributed by atoms with Crippen LogP contribution in [0.25, 0.3) is 0 Å². The molecule has 2 saturated carbocycles. The summed E-state index contributed by atoms with van der Waals surface area (Å²) in [5.41, 5.74) is 0.363. The lowest BCUT2D eigenvalue weighted by atomic mass is 9.96. The molecule has 6 nitrogen and oxygen atoms in total. The molecule has 1 N–H and O–H groups in total. The first-order valence-electron chi connectivity index (χ1n) is 7.16. The largest absolute Gasteiger partial charge is 0.269 e. The Kier molecular flexibility index (Phi) is 3.71. The number of fused-ring (bicyclic) bond motifs is 2. The smallest absolute Gasteiger partial charge is 0.258 e. The van der Waals surface area contributed by atoms with E-state index in [1.165, 1.54) is 24.6 Å². The van der Waals surface area contributed by atoms with Crippen molar-refractivity contribution in [1.82, 2.24) is 4.72 Å². The maximum atomic E-state index is 12.2. The molecule has 2 aliphatic carbocycles. The number of nitrogens with zero attached hydrogens (tertiary/aromatic N) is 1. The molecule has 0 amide bonds. The first-order valence-corrected chi connectivity index (χ1v) is 8.81. The van der Waals surface area contributed by atoms with Gasteiger partial charge in [-0.3, -0.25) is 10.1 Å². The summed E-state index contributed by atoms with van der Waals surface area (Å²) in [7, 11) is -3.46. The van der Waals surface area contributed by atoms with Gasteiger partial charge in [-0.1, -0.05) is 18.6 Å². The van der Waals surface area contributed by atoms with E-state index in [2.05, 4.69) is 4.72 Å². The third kappa shape index (κ3) is 3.24. The molecule has 114 valence electrons. The Labute approximate surface area is 123 Å². The van der Waals surface area contributed by atoms with Crippen molar-refractivity contribution in [1.29, 1.82) is 0 Å². The lowest BCUT2D eigenvalue weighted by Crippen LogP contribution is -2.39. The molecule has 7 heteroatoms. The molecule has 0 aliphatic heterocycles. The Balaban J connectivity index is 1.68. The number of hydrogen-bond acceptors (Lipinski definition) is 4. The van der Waals surface area contributed by atoms with Gasteiger partial charge < -0.3 is 0 Å². The van der Waals surface area contributed by atoms with E-state index < -0.39 is 14.9 Å². The molecule has 2 aliphatic rings. The molecule has 0 aromatic heterocycles. The average Bonchev–Trinajstić information content (AvgIpc) is 3.00. The van der Waals surface area contributed by atoms with Crippen LogP contribution in [0.1, 0.15) is 31.2 Å². The van der Waals surface area contributed by atoms with Crippen LogP contribution in [-0.2, 0) is 15.8 Å². The molecule has 0 unspecified atom stereocenters. The van der Waals surface area contributed by atoms with Crippen molar-refractivity contribution >= 4 is 15.7 Å². The molecule has 2 fully saturated rings. The van der Waals surface area contributed by atoms with Crippen molar-refractivity contribution in [2.45, 2.75) is 37.5 Å². The van der Waals surface area contributed by atoms with Gasteiger partial charge in [-0.2, -0.15) is 0 Å². The maximum absolute atomic E-state index is 12.2. The van der Waals surface area contributed by atoms with Gasteiger partial charge in [0.1, 0.15) is 0 Å². The van der Waals surface area contributed by atoms with E-state index in [4.69, 9.17) is 0 Å². The summed E-state index contributed by atoms with van der Waals surface area (Å²) in [6.45, 7) is 0. The fraction of sp³-hybridized carbons (Fsp3) is 0.571. The van der Waals surface area contributed by atoms with Crippen LogP contribution in [0.5, 0.6) is 0 Å². The van der Waals surface area contributed by atoms with E-state index in [9.17, 15) is 18.5 Å². The van der Waals surface area contributed by atoms with Crippen molar-refractivity contribution in [3.05, 3.63) is 39.9 Å². The summed E-state index contributed by atoms with van der Waals surface area (Å²) >= 11 is 0. The topological polar surface area (TPSA) is 89.3 Å². The molecule has 3 atom stereocenters. The molecule has 3 rings (SSSR count). The Morgan fingerprint density at radius 2 is 2.10 bits per heavy atom. The molecule has 0 saturated heterocycles. The quantitative estimate of drug-likeness (QED) is 0.667. The summed E-state index contributed by atoms with van der Waals surface area (Å²) in [4.78, 5) is 10.2. The van der Waals surface area contributed by atoms with E-state index in [1.54, 1.807) is 6.07 Å². The SMILES string of the molecule is O=[N+]([O-])c1cccc(CS(=O)(=O)N[C@H]2C[C@H]3CC[C@H]2C3)c1. The molecule has 0 heterocycles. The lowest BCUT2D eigenvalue weighted by Gasteiger charge is -2.22. The predicted octanol–water partition coefficient (Wildman–Crippen LogP) is 2.20. The Hall–Kier alpha value is -1.47. The third-order valence-electron chi connectivity index (χ3n) is 4.55. The number of benzene rings is 1. The fourth-order valence-electron chi connectivity index (χ4n) is 3.64. The molecular weight excluding hydrogens is 292 g/mol. The van der Waals surface area contributed by atoms with E-state index in [0.29, 0.717) is 17.4 Å². The first kappa shape index (κ1) is 14.5. The van der Waals surface area contributed by atoms with Gasteiger partial charge in [0, 0.05) is 18.2 Å². The highest BCUT2D eigenvalue weighted by Crippen LogP contribution is 2.44. The van der Waals surface area contributed by atoms with Gasteiger partial charge in [0.25, 0.3) is 5.69 Å². The molecule has 0 radical (unpaired) electrons. The zero-order chi connectivity index (χ0) is 15.0. The molecule has 0 spiro atoms. The Morgan fingerprint density at radius 1 is 1.29 bits per heavy atom. The summed E-state index contributed by atoms with van der Waals surface area (Å²) in [5, 5.41) is 10.7. The van der Waals surface area contributed by atoms with Crippen LogP contribution in [0.4, 0.5) is 5.69 Å². The highest BCUT2D eigenvalue weighted by atomic mass is 32.2. The summed E-state index contributed by atoms with van der Waals surface area (Å²) in [6.07, 6.45) is 4.38. The van der Waals surface area contributed by atoms with Crippen molar-refractivity contribution in [3.63, 3.8) is 0 Å². The van der Waals surface area contributed by atoms with Crippen LogP contribution in [-0.4, -0.2) is 19.4 Å². The van der Waals surface area contributed by atoms with E-state index in [-0.39, 0.29) is 17.5 Å². The van der Waals surface area contributed by atoms with Gasteiger partial charge in [0.2, 0.25) is 10.0 Å². The highest BCUT2D eigenvalue weighted by molar-refractivity contribution is 7.88. The van der Waals surface area contributed by atoms with Crippen molar-refractivity contribution in [2.75, 3.05) is 0 Å². The number of rotatable bonds is 5. The van der Waals surface area contributed by atoms with Crippen LogP contribution in [0.3, 0.4) is 0 Å². The van der Waals surface area contributed by atoms with Crippen LogP contribution >= 0.6 is 0 Å². The van der Waals surface area contributed by atoms with Crippen molar-refractivity contribution in [2.24, 2.45) is 11.8 Å². The zero-order valence-corrected chi connectivity index (χ0v) is 12.4. The number of nitro benzene ring substituents is 1. The number of hydrogen-bond donors (Lipinski definition) is 1. The Morgan fingerprint density at radius 3 is 2.71 bits per heavy atom. The Bertz CT molecular complexity index is 659. The summed E-state index contributed by atoms with van der Waals surface area (Å²) < 4.78 is 27.3. The number of non-ortho nitro benzene ring substituents is 1. The van der Waals surface area contributed by atoms with Gasteiger partial charge in [0.05, 0.1) is 10.7 Å². The predicted molar refractivity (Wildman–Crippen MR) is 78.1 cm³/mol. The van der Waals surface area contributed by atoms with Gasteiger partial charge in [-0.25, -0.2) is 13.1 Å². The van der Waals surface area contributed by atoms with Crippen LogP contribution in [0.2, 0.25) is 0 Å². The zero-order valence-electron chi connectivity index (χ0n) is 11.6. The highest BCUT2D eigenvalue weighted by Gasteiger charge is 2.41. The van der Waals surface area contributed by atoms with Crippen molar-refractivity contribution in [3.8, 4) is 0 Å². The minimum absolute atomic E-state index is 0.0486. The monoisotopic (exact) mass is 310 g/mol. The second-order valence-corrected chi connectivity index (χ2v) is 7.84. The number of sulfonamides is 1. The van der Waals surface area contributed by atoms with Crippen molar-refractivity contribution < 1.29 is 13.3 Å². The summed E-state index contributed by atoms with van der Waals surface area (Å²) in [5.74, 6) is 0.929. The average molecular weight is 310 g/mol. The van der Waals surface area contributed by atoms with Gasteiger partial charge in [0.15, 0.2) is 0 Å². The molecule has 21 heavy (non-hydrogen) atoms. The van der Waals surface area contributed by atoms with E-state index >= 15 is 0 Å². The lowest BCUT2D eigenvalue weighted by molar-refractivity contribution is -0.384. The number of nitro groups is 1.